The predicted octanol–water partition coefficient (Wildman–Crippen LogP) is 1.30. The number of anilines is 2. The topological polar surface area (TPSA) is 87.3 Å². The molecule has 3 N–H and O–H groups in total. The number of sulfonamides is 1. The van der Waals surface area contributed by atoms with Crippen LogP contribution in [0.5, 0.6) is 0 Å². The molecule has 0 aliphatic rings. The zero-order valence-electron chi connectivity index (χ0n) is 12.4. The van der Waals surface area contributed by atoms with Gasteiger partial charge in [-0.1, -0.05) is 0 Å². The van der Waals surface area contributed by atoms with Gasteiger partial charge in [-0.05, 0) is 51.6 Å². The van der Waals surface area contributed by atoms with Crippen LogP contribution in [0.25, 0.3) is 0 Å². The first-order chi connectivity index (χ1) is 9.05. The molecule has 0 unspecified atom stereocenters. The largest absolute Gasteiger partial charge is 0.324 e. The number of nitrogens with one attached hydrogen (secondary N) is 3. The molecule has 0 radical (unpaired) electrons. The lowest BCUT2D eigenvalue weighted by Gasteiger charge is -2.23. The second-order valence-corrected chi connectivity index (χ2v) is 6.98. The number of rotatable bonds is 5. The molecular formula is C13H21N3O3S. The molecule has 0 spiro atoms. The average molecular weight is 299 g/mol. The second-order valence-electron chi connectivity index (χ2n) is 5.23. The van der Waals surface area contributed by atoms with Crippen LogP contribution in [0.3, 0.4) is 0 Å². The molecule has 0 atom stereocenters. The normalized spacial score (nSPS) is 12.1. The van der Waals surface area contributed by atoms with E-state index in [2.05, 4.69) is 15.4 Å². The third kappa shape index (κ3) is 4.50. The Morgan fingerprint density at radius 3 is 2.30 bits per heavy atom. The first-order valence-electron chi connectivity index (χ1n) is 6.14. The van der Waals surface area contributed by atoms with Crippen LogP contribution in [-0.2, 0) is 14.8 Å². The second kappa shape index (κ2) is 5.80. The minimum absolute atomic E-state index is 0.164. The standard InChI is InChI=1S/C13H21N3O3S/c1-9-8-10(15-12(17)13(2,3)14-4)6-7-11(9)16-20(5,18)19/h6-8,14,16H,1-5H3,(H,15,17). The highest BCUT2D eigenvalue weighted by atomic mass is 32.2. The number of hydrogen-bond acceptors (Lipinski definition) is 4. The SMILES string of the molecule is CNC(C)(C)C(=O)Nc1ccc(NS(C)(=O)=O)c(C)c1. The minimum Gasteiger partial charge on any atom is -0.324 e. The highest BCUT2D eigenvalue weighted by Crippen LogP contribution is 2.21. The third-order valence-electron chi connectivity index (χ3n) is 2.97. The van der Waals surface area contributed by atoms with Gasteiger partial charge in [0.05, 0.1) is 17.5 Å². The lowest BCUT2D eigenvalue weighted by atomic mass is 10.0. The van der Waals surface area contributed by atoms with Gasteiger partial charge in [-0.15, -0.1) is 0 Å². The maximum atomic E-state index is 12.0. The molecule has 0 aliphatic heterocycles. The molecule has 0 bridgehead atoms. The molecule has 1 aromatic rings. The lowest BCUT2D eigenvalue weighted by Crippen LogP contribution is -2.47. The van der Waals surface area contributed by atoms with E-state index in [9.17, 15) is 13.2 Å². The van der Waals surface area contributed by atoms with Crippen LogP contribution in [0.4, 0.5) is 11.4 Å². The van der Waals surface area contributed by atoms with Gasteiger partial charge in [0.2, 0.25) is 15.9 Å². The smallest absolute Gasteiger partial charge is 0.244 e. The van der Waals surface area contributed by atoms with E-state index in [-0.39, 0.29) is 5.91 Å². The third-order valence-corrected chi connectivity index (χ3v) is 3.56. The van der Waals surface area contributed by atoms with Crippen LogP contribution in [0.15, 0.2) is 18.2 Å². The monoisotopic (exact) mass is 299 g/mol. The van der Waals surface area contributed by atoms with E-state index in [4.69, 9.17) is 0 Å². The van der Waals surface area contributed by atoms with Gasteiger partial charge in [0.15, 0.2) is 0 Å². The molecule has 1 amide bonds. The fraction of sp³-hybridized carbons (Fsp3) is 0.462. The minimum atomic E-state index is -3.31. The highest BCUT2D eigenvalue weighted by molar-refractivity contribution is 7.92. The van der Waals surface area contributed by atoms with Crippen LogP contribution < -0.4 is 15.4 Å². The summed E-state index contributed by atoms with van der Waals surface area (Å²) in [5, 5.41) is 5.70. The van der Waals surface area contributed by atoms with Gasteiger partial charge < -0.3 is 10.6 Å². The Morgan fingerprint density at radius 2 is 1.85 bits per heavy atom. The zero-order chi connectivity index (χ0) is 15.6. The Kier molecular flexibility index (Phi) is 4.77. The van der Waals surface area contributed by atoms with E-state index in [0.717, 1.165) is 11.8 Å². The molecular weight excluding hydrogens is 278 g/mol. The molecule has 20 heavy (non-hydrogen) atoms. The molecule has 112 valence electrons. The van der Waals surface area contributed by atoms with Crippen LogP contribution in [0.1, 0.15) is 19.4 Å². The lowest BCUT2D eigenvalue weighted by molar-refractivity contribution is -0.121. The van der Waals surface area contributed by atoms with Gasteiger partial charge in [0.1, 0.15) is 0 Å². The van der Waals surface area contributed by atoms with Crippen molar-refractivity contribution in [3.05, 3.63) is 23.8 Å². The summed E-state index contributed by atoms with van der Waals surface area (Å²) in [5.74, 6) is -0.164. The zero-order valence-corrected chi connectivity index (χ0v) is 13.2. The van der Waals surface area contributed by atoms with E-state index in [1.54, 1.807) is 46.0 Å². The van der Waals surface area contributed by atoms with Crippen molar-refractivity contribution in [3.8, 4) is 0 Å². The number of carbonyl (C=O) groups is 1. The van der Waals surface area contributed by atoms with Gasteiger partial charge in [-0.2, -0.15) is 0 Å². The fourth-order valence-corrected chi connectivity index (χ4v) is 2.09. The van der Waals surface area contributed by atoms with Gasteiger partial charge in [-0.25, -0.2) is 8.42 Å². The maximum absolute atomic E-state index is 12.0. The number of carbonyl (C=O) groups excluding carboxylic acids is 1. The summed E-state index contributed by atoms with van der Waals surface area (Å²) in [6.45, 7) is 5.32. The van der Waals surface area contributed by atoms with Crippen molar-refractivity contribution in [2.24, 2.45) is 0 Å². The molecule has 6 nitrogen and oxygen atoms in total. The van der Waals surface area contributed by atoms with Crippen molar-refractivity contribution < 1.29 is 13.2 Å². The van der Waals surface area contributed by atoms with Crippen LogP contribution >= 0.6 is 0 Å². The molecule has 0 fully saturated rings. The highest BCUT2D eigenvalue weighted by Gasteiger charge is 2.25. The predicted molar refractivity (Wildman–Crippen MR) is 81.4 cm³/mol. The van der Waals surface area contributed by atoms with E-state index in [0.29, 0.717) is 11.4 Å². The molecule has 0 saturated carbocycles. The number of likely N-dealkylation sites (N-methyl/N-ethyl adjacent to an activating group) is 1. The maximum Gasteiger partial charge on any atom is 0.244 e. The van der Waals surface area contributed by atoms with Crippen LogP contribution in [0, 0.1) is 6.92 Å². The molecule has 1 rings (SSSR count). The van der Waals surface area contributed by atoms with E-state index in [1.807, 2.05) is 0 Å². The van der Waals surface area contributed by atoms with Crippen molar-refractivity contribution in [2.45, 2.75) is 26.3 Å². The van der Waals surface area contributed by atoms with E-state index in [1.165, 1.54) is 0 Å². The quantitative estimate of drug-likeness (QED) is 0.765. The van der Waals surface area contributed by atoms with Gasteiger partial charge >= 0.3 is 0 Å². The van der Waals surface area contributed by atoms with Crippen LogP contribution in [0.2, 0.25) is 0 Å². The fourth-order valence-electron chi connectivity index (χ4n) is 1.46. The number of hydrogen-bond donors (Lipinski definition) is 3. The van der Waals surface area contributed by atoms with Gasteiger partial charge in [0, 0.05) is 5.69 Å². The molecule has 0 heterocycles. The summed E-state index contributed by atoms with van der Waals surface area (Å²) < 4.78 is 24.8. The molecule has 0 saturated heterocycles. The molecule has 7 heteroatoms. The Hall–Kier alpha value is -1.60. The summed E-state index contributed by atoms with van der Waals surface area (Å²) in [4.78, 5) is 12.0. The number of benzene rings is 1. The number of amides is 1. The number of aryl methyl sites for hydroxylation is 1. The Morgan fingerprint density at radius 1 is 1.25 bits per heavy atom. The summed E-state index contributed by atoms with van der Waals surface area (Å²) in [7, 11) is -1.60. The first kappa shape index (κ1) is 16.5. The van der Waals surface area contributed by atoms with E-state index < -0.39 is 15.6 Å². The van der Waals surface area contributed by atoms with Gasteiger partial charge in [-0.3, -0.25) is 9.52 Å². The van der Waals surface area contributed by atoms with Crippen molar-refractivity contribution in [3.63, 3.8) is 0 Å². The van der Waals surface area contributed by atoms with Crippen molar-refractivity contribution in [1.82, 2.24) is 5.32 Å². The summed E-state index contributed by atoms with van der Waals surface area (Å²) in [5.41, 5.74) is 1.17. The van der Waals surface area contributed by atoms with Crippen molar-refractivity contribution in [1.29, 1.82) is 0 Å². The van der Waals surface area contributed by atoms with Crippen molar-refractivity contribution >= 4 is 27.3 Å². The van der Waals surface area contributed by atoms with E-state index >= 15 is 0 Å². The molecule has 0 aliphatic carbocycles. The van der Waals surface area contributed by atoms with Crippen molar-refractivity contribution in [2.75, 3.05) is 23.3 Å². The summed E-state index contributed by atoms with van der Waals surface area (Å²) >= 11 is 0. The molecule has 1 aromatic carbocycles. The Labute approximate surface area is 120 Å². The molecule has 0 aromatic heterocycles. The Balaban J connectivity index is 2.91. The Bertz CT molecular complexity index is 609. The van der Waals surface area contributed by atoms with Crippen LogP contribution in [-0.4, -0.2) is 33.2 Å². The average Bonchev–Trinajstić information content (AvgIpc) is 2.31. The summed E-state index contributed by atoms with van der Waals surface area (Å²) in [6.07, 6.45) is 1.09. The summed E-state index contributed by atoms with van der Waals surface area (Å²) in [6, 6.07) is 5.00. The first-order valence-corrected chi connectivity index (χ1v) is 8.03. The van der Waals surface area contributed by atoms with Gasteiger partial charge in [0.25, 0.3) is 0 Å².